The fourth-order valence-electron chi connectivity index (χ4n) is 1.72. The molecule has 0 radical (unpaired) electrons. The molecule has 0 spiro atoms. The smallest absolute Gasteiger partial charge is 0.129 e. The molecule has 94 valence electrons. The number of aryl methyl sites for hydroxylation is 1. The summed E-state index contributed by atoms with van der Waals surface area (Å²) in [5.41, 5.74) is 2.11. The number of aliphatic hydroxyl groups is 1. The topological polar surface area (TPSA) is 29.5 Å². The van der Waals surface area contributed by atoms with Gasteiger partial charge >= 0.3 is 0 Å². The third-order valence-electron chi connectivity index (χ3n) is 2.75. The van der Waals surface area contributed by atoms with E-state index in [0.717, 1.165) is 5.56 Å². The minimum Gasteiger partial charge on any atom is -0.488 e. The summed E-state index contributed by atoms with van der Waals surface area (Å²) in [4.78, 5) is 0. The van der Waals surface area contributed by atoms with Crippen LogP contribution >= 0.6 is 0 Å². The Morgan fingerprint density at radius 1 is 1.17 bits per heavy atom. The molecule has 0 amide bonds. The van der Waals surface area contributed by atoms with Crippen molar-refractivity contribution in [3.63, 3.8) is 0 Å². The zero-order chi connectivity index (χ0) is 13.0. The van der Waals surface area contributed by atoms with Gasteiger partial charge < -0.3 is 9.84 Å². The monoisotopic (exact) mass is 246 g/mol. The van der Waals surface area contributed by atoms with Crippen molar-refractivity contribution in [1.29, 1.82) is 0 Å². The van der Waals surface area contributed by atoms with E-state index in [-0.39, 0.29) is 12.4 Å². The Bertz CT molecular complexity index is 524. The van der Waals surface area contributed by atoms with Crippen LogP contribution < -0.4 is 4.74 Å². The van der Waals surface area contributed by atoms with Crippen LogP contribution in [0.25, 0.3) is 0 Å². The first-order valence-corrected chi connectivity index (χ1v) is 5.77. The van der Waals surface area contributed by atoms with Crippen LogP contribution in [0, 0.1) is 12.7 Å². The third kappa shape index (κ3) is 2.87. The van der Waals surface area contributed by atoms with Gasteiger partial charge in [-0.25, -0.2) is 4.39 Å². The molecule has 2 aromatic carbocycles. The van der Waals surface area contributed by atoms with Gasteiger partial charge in [-0.05, 0) is 24.1 Å². The summed E-state index contributed by atoms with van der Waals surface area (Å²) in [7, 11) is 0. The minimum absolute atomic E-state index is 0.161. The molecule has 0 unspecified atom stereocenters. The molecule has 0 atom stereocenters. The van der Waals surface area contributed by atoms with Crippen LogP contribution in [0.15, 0.2) is 42.5 Å². The van der Waals surface area contributed by atoms with Gasteiger partial charge in [-0.2, -0.15) is 0 Å². The van der Waals surface area contributed by atoms with Crippen LogP contribution in [0.1, 0.15) is 16.7 Å². The van der Waals surface area contributed by atoms with E-state index >= 15 is 0 Å². The molecule has 0 aromatic heterocycles. The van der Waals surface area contributed by atoms with Crippen LogP contribution in [0.4, 0.5) is 4.39 Å². The molecule has 0 fully saturated rings. The number of hydrogen-bond donors (Lipinski definition) is 1. The molecule has 0 saturated carbocycles. The quantitative estimate of drug-likeness (QED) is 0.897. The predicted molar refractivity (Wildman–Crippen MR) is 67.8 cm³/mol. The first-order chi connectivity index (χ1) is 8.70. The largest absolute Gasteiger partial charge is 0.488 e. The zero-order valence-corrected chi connectivity index (χ0v) is 10.2. The highest BCUT2D eigenvalue weighted by atomic mass is 19.1. The maximum absolute atomic E-state index is 13.5. The molecule has 0 saturated heterocycles. The van der Waals surface area contributed by atoms with Crippen LogP contribution in [0.3, 0.4) is 0 Å². The zero-order valence-electron chi connectivity index (χ0n) is 10.2. The fourth-order valence-corrected chi connectivity index (χ4v) is 1.72. The molecule has 2 rings (SSSR count). The predicted octanol–water partition coefficient (Wildman–Crippen LogP) is 3.21. The van der Waals surface area contributed by atoms with Gasteiger partial charge in [-0.3, -0.25) is 0 Å². The maximum Gasteiger partial charge on any atom is 0.129 e. The second-order valence-electron chi connectivity index (χ2n) is 4.14. The average molecular weight is 246 g/mol. The van der Waals surface area contributed by atoms with E-state index in [1.54, 1.807) is 13.0 Å². The van der Waals surface area contributed by atoms with Crippen molar-refractivity contribution in [3.05, 3.63) is 65.0 Å². The maximum atomic E-state index is 13.5. The SMILES string of the molecule is Cc1cc(CO)c(OCc2ccccc2)cc1F. The Morgan fingerprint density at radius 2 is 1.89 bits per heavy atom. The molecule has 0 aliphatic heterocycles. The summed E-state index contributed by atoms with van der Waals surface area (Å²) in [6.45, 7) is 1.86. The van der Waals surface area contributed by atoms with E-state index in [2.05, 4.69) is 0 Å². The normalized spacial score (nSPS) is 10.4. The lowest BCUT2D eigenvalue weighted by molar-refractivity contribution is 0.258. The van der Waals surface area contributed by atoms with Gasteiger partial charge in [0.1, 0.15) is 18.2 Å². The van der Waals surface area contributed by atoms with Crippen LogP contribution in [-0.4, -0.2) is 5.11 Å². The van der Waals surface area contributed by atoms with E-state index < -0.39 is 0 Å². The highest BCUT2D eigenvalue weighted by molar-refractivity contribution is 5.37. The lowest BCUT2D eigenvalue weighted by atomic mass is 10.1. The summed E-state index contributed by atoms with van der Waals surface area (Å²) < 4.78 is 19.0. The summed E-state index contributed by atoms with van der Waals surface area (Å²) >= 11 is 0. The van der Waals surface area contributed by atoms with Crippen LogP contribution in [-0.2, 0) is 13.2 Å². The van der Waals surface area contributed by atoms with Gasteiger partial charge in [0.05, 0.1) is 6.61 Å². The molecule has 3 heteroatoms. The van der Waals surface area contributed by atoms with Crippen molar-refractivity contribution in [3.8, 4) is 5.75 Å². The van der Waals surface area contributed by atoms with Crippen molar-refractivity contribution in [1.82, 2.24) is 0 Å². The van der Waals surface area contributed by atoms with Crippen LogP contribution in [0.5, 0.6) is 5.75 Å². The summed E-state index contributed by atoms with van der Waals surface area (Å²) in [5, 5.41) is 9.23. The summed E-state index contributed by atoms with van der Waals surface area (Å²) in [5.74, 6) is 0.0692. The number of rotatable bonds is 4. The molecule has 0 aliphatic carbocycles. The Hall–Kier alpha value is -1.87. The molecule has 1 N–H and O–H groups in total. The second kappa shape index (κ2) is 5.65. The average Bonchev–Trinajstić information content (AvgIpc) is 2.41. The number of aliphatic hydroxyl groups excluding tert-OH is 1. The van der Waals surface area contributed by atoms with Crippen molar-refractivity contribution >= 4 is 0 Å². The van der Waals surface area contributed by atoms with Gasteiger partial charge in [0.15, 0.2) is 0 Å². The fraction of sp³-hybridized carbons (Fsp3) is 0.200. The molecule has 0 heterocycles. The van der Waals surface area contributed by atoms with E-state index in [1.807, 2.05) is 30.3 Å². The Balaban J connectivity index is 2.16. The molecule has 0 aliphatic rings. The van der Waals surface area contributed by atoms with E-state index in [9.17, 15) is 9.50 Å². The highest BCUT2D eigenvalue weighted by Gasteiger charge is 2.08. The molecule has 0 bridgehead atoms. The minimum atomic E-state index is -0.324. The molecule has 2 nitrogen and oxygen atoms in total. The summed E-state index contributed by atoms with van der Waals surface area (Å²) in [6, 6.07) is 12.6. The molecule has 18 heavy (non-hydrogen) atoms. The van der Waals surface area contributed by atoms with E-state index in [0.29, 0.717) is 23.5 Å². The Labute approximate surface area is 106 Å². The molecule has 2 aromatic rings. The number of benzene rings is 2. The highest BCUT2D eigenvalue weighted by Crippen LogP contribution is 2.23. The first-order valence-electron chi connectivity index (χ1n) is 5.77. The van der Waals surface area contributed by atoms with Gasteiger partial charge in [0.25, 0.3) is 0 Å². The van der Waals surface area contributed by atoms with Gasteiger partial charge in [-0.15, -0.1) is 0 Å². The Kier molecular flexibility index (Phi) is 3.95. The van der Waals surface area contributed by atoms with Crippen LogP contribution in [0.2, 0.25) is 0 Å². The standard InChI is InChI=1S/C15H15FO2/c1-11-7-13(9-17)15(8-14(11)16)18-10-12-5-3-2-4-6-12/h2-8,17H,9-10H2,1H3. The van der Waals surface area contributed by atoms with E-state index in [4.69, 9.17) is 4.74 Å². The Morgan fingerprint density at radius 3 is 2.56 bits per heavy atom. The molecular weight excluding hydrogens is 231 g/mol. The van der Waals surface area contributed by atoms with Gasteiger partial charge in [-0.1, -0.05) is 30.3 Å². The number of halogens is 1. The second-order valence-corrected chi connectivity index (χ2v) is 4.14. The van der Waals surface area contributed by atoms with Gasteiger partial charge in [0, 0.05) is 11.6 Å². The third-order valence-corrected chi connectivity index (χ3v) is 2.75. The van der Waals surface area contributed by atoms with Crippen molar-refractivity contribution in [2.75, 3.05) is 0 Å². The molecular formula is C15H15FO2. The summed E-state index contributed by atoms with van der Waals surface area (Å²) in [6.07, 6.45) is 0. The van der Waals surface area contributed by atoms with Crippen molar-refractivity contribution in [2.45, 2.75) is 20.1 Å². The number of ether oxygens (including phenoxy) is 1. The number of hydrogen-bond acceptors (Lipinski definition) is 2. The lowest BCUT2D eigenvalue weighted by Crippen LogP contribution is -2.00. The lowest BCUT2D eigenvalue weighted by Gasteiger charge is -2.11. The van der Waals surface area contributed by atoms with Gasteiger partial charge in [0.2, 0.25) is 0 Å². The van der Waals surface area contributed by atoms with Crippen molar-refractivity contribution in [2.24, 2.45) is 0 Å². The van der Waals surface area contributed by atoms with E-state index in [1.165, 1.54) is 6.07 Å². The first kappa shape index (κ1) is 12.6. The van der Waals surface area contributed by atoms with Crippen molar-refractivity contribution < 1.29 is 14.2 Å².